The van der Waals surface area contributed by atoms with E-state index in [1.165, 1.54) is 44.8 Å². The summed E-state index contributed by atoms with van der Waals surface area (Å²) >= 11 is 1.34. The topological polar surface area (TPSA) is 69.7 Å². The minimum Gasteiger partial charge on any atom is -0.493 e. The number of amides is 1. The van der Waals surface area contributed by atoms with Crippen LogP contribution in [0.3, 0.4) is 0 Å². The first-order valence-corrected chi connectivity index (χ1v) is 9.13. The van der Waals surface area contributed by atoms with E-state index in [0.29, 0.717) is 33.6 Å². The number of hydrogen-bond acceptors (Lipinski definition) is 6. The Morgan fingerprint density at radius 3 is 2.18 bits per heavy atom. The predicted molar refractivity (Wildman–Crippen MR) is 106 cm³/mol. The summed E-state index contributed by atoms with van der Waals surface area (Å²) in [5.41, 5.74) is 1.82. The molecule has 0 saturated carbocycles. The Kier molecular flexibility index (Phi) is 5.79. The van der Waals surface area contributed by atoms with E-state index in [9.17, 15) is 9.18 Å². The smallest absolute Gasteiger partial charge is 0.257 e. The Balaban J connectivity index is 1.87. The van der Waals surface area contributed by atoms with Crippen molar-refractivity contribution in [2.45, 2.75) is 6.92 Å². The number of ether oxygens (including phenoxy) is 3. The minimum atomic E-state index is -0.362. The van der Waals surface area contributed by atoms with Crippen LogP contribution in [0.5, 0.6) is 17.2 Å². The molecule has 0 atom stereocenters. The predicted octanol–water partition coefficient (Wildman–Crippen LogP) is 4.54. The largest absolute Gasteiger partial charge is 0.493 e. The number of carbonyl (C=O) groups excluding carboxylic acids is 1. The number of benzene rings is 2. The highest BCUT2D eigenvalue weighted by molar-refractivity contribution is 7.16. The summed E-state index contributed by atoms with van der Waals surface area (Å²) in [7, 11) is 4.46. The summed E-state index contributed by atoms with van der Waals surface area (Å²) in [6, 6.07) is 9.20. The van der Waals surface area contributed by atoms with Gasteiger partial charge in [0.05, 0.1) is 27.0 Å². The summed E-state index contributed by atoms with van der Waals surface area (Å²) < 4.78 is 29.0. The van der Waals surface area contributed by atoms with Crippen LogP contribution in [0.4, 0.5) is 9.52 Å². The van der Waals surface area contributed by atoms with E-state index in [-0.39, 0.29) is 11.7 Å². The molecule has 1 N–H and O–H groups in total. The molecule has 0 spiro atoms. The highest BCUT2D eigenvalue weighted by Gasteiger charge is 2.18. The van der Waals surface area contributed by atoms with Gasteiger partial charge in [-0.05, 0) is 43.3 Å². The zero-order chi connectivity index (χ0) is 20.3. The van der Waals surface area contributed by atoms with Crippen molar-refractivity contribution in [3.05, 3.63) is 52.7 Å². The summed E-state index contributed by atoms with van der Waals surface area (Å²) in [4.78, 5) is 18.1. The number of aryl methyl sites for hydroxylation is 1. The van der Waals surface area contributed by atoms with Crippen LogP contribution >= 0.6 is 11.3 Å². The van der Waals surface area contributed by atoms with Crippen molar-refractivity contribution in [3.63, 3.8) is 0 Å². The molecule has 3 aromatic rings. The SMILES string of the molecule is COc1cc(C(=O)Nc2nc(-c3ccc(F)cc3)c(C)s2)cc(OC)c1OC. The zero-order valence-electron chi connectivity index (χ0n) is 15.8. The molecule has 0 bridgehead atoms. The second-order valence-electron chi connectivity index (χ2n) is 5.80. The summed E-state index contributed by atoms with van der Waals surface area (Å²) in [6.45, 7) is 1.89. The van der Waals surface area contributed by atoms with Crippen molar-refractivity contribution >= 4 is 22.4 Å². The fourth-order valence-corrected chi connectivity index (χ4v) is 3.54. The molecule has 8 heteroatoms. The third-order valence-electron chi connectivity index (χ3n) is 4.06. The van der Waals surface area contributed by atoms with Gasteiger partial charge in [0.15, 0.2) is 16.6 Å². The number of thiazole rings is 1. The van der Waals surface area contributed by atoms with E-state index in [1.807, 2.05) is 6.92 Å². The van der Waals surface area contributed by atoms with Crippen molar-refractivity contribution in [2.75, 3.05) is 26.6 Å². The van der Waals surface area contributed by atoms with Gasteiger partial charge >= 0.3 is 0 Å². The van der Waals surface area contributed by atoms with E-state index >= 15 is 0 Å². The molecule has 0 fully saturated rings. The molecule has 2 aromatic carbocycles. The monoisotopic (exact) mass is 402 g/mol. The first kappa shape index (κ1) is 19.6. The van der Waals surface area contributed by atoms with Gasteiger partial charge in [-0.15, -0.1) is 11.3 Å². The molecule has 0 unspecified atom stereocenters. The van der Waals surface area contributed by atoms with Gasteiger partial charge in [-0.3, -0.25) is 10.1 Å². The van der Waals surface area contributed by atoms with Crippen molar-refractivity contribution in [1.29, 1.82) is 0 Å². The van der Waals surface area contributed by atoms with Crippen LogP contribution < -0.4 is 19.5 Å². The molecule has 146 valence electrons. The van der Waals surface area contributed by atoms with Gasteiger partial charge in [0.2, 0.25) is 5.75 Å². The zero-order valence-corrected chi connectivity index (χ0v) is 16.6. The number of methoxy groups -OCH3 is 3. The van der Waals surface area contributed by atoms with Gasteiger partial charge in [-0.2, -0.15) is 0 Å². The molecule has 6 nitrogen and oxygen atoms in total. The lowest BCUT2D eigenvalue weighted by molar-refractivity contribution is 0.102. The second kappa shape index (κ2) is 8.26. The number of halogens is 1. The normalized spacial score (nSPS) is 10.5. The maximum absolute atomic E-state index is 13.1. The van der Waals surface area contributed by atoms with Crippen LogP contribution in [-0.4, -0.2) is 32.2 Å². The van der Waals surface area contributed by atoms with Gasteiger partial charge in [-0.25, -0.2) is 9.37 Å². The molecular weight excluding hydrogens is 383 g/mol. The van der Waals surface area contributed by atoms with Gasteiger partial charge < -0.3 is 14.2 Å². The Labute approximate surface area is 165 Å². The van der Waals surface area contributed by atoms with Crippen molar-refractivity contribution in [3.8, 4) is 28.5 Å². The van der Waals surface area contributed by atoms with E-state index in [0.717, 1.165) is 10.4 Å². The van der Waals surface area contributed by atoms with E-state index in [1.54, 1.807) is 24.3 Å². The molecule has 1 heterocycles. The molecule has 0 aliphatic rings. The Morgan fingerprint density at radius 1 is 1.04 bits per heavy atom. The third kappa shape index (κ3) is 3.91. The molecule has 0 saturated heterocycles. The minimum absolute atomic E-state index is 0.312. The Hall–Kier alpha value is -3.13. The van der Waals surface area contributed by atoms with Crippen molar-refractivity contribution < 1.29 is 23.4 Å². The number of hydrogen-bond donors (Lipinski definition) is 1. The lowest BCUT2D eigenvalue weighted by Gasteiger charge is -2.13. The maximum Gasteiger partial charge on any atom is 0.257 e. The average molecular weight is 402 g/mol. The Morgan fingerprint density at radius 2 is 1.64 bits per heavy atom. The van der Waals surface area contributed by atoms with Crippen molar-refractivity contribution in [1.82, 2.24) is 4.98 Å². The third-order valence-corrected chi connectivity index (χ3v) is 4.95. The molecule has 0 aliphatic heterocycles. The van der Waals surface area contributed by atoms with Crippen LogP contribution in [0, 0.1) is 12.7 Å². The van der Waals surface area contributed by atoms with E-state index in [4.69, 9.17) is 14.2 Å². The van der Waals surface area contributed by atoms with E-state index < -0.39 is 0 Å². The summed E-state index contributed by atoms with van der Waals surface area (Å²) in [6.07, 6.45) is 0. The standard InChI is InChI=1S/C20H19FN2O4S/c1-11-17(12-5-7-14(21)8-6-12)22-20(28-11)23-19(24)13-9-15(25-2)18(27-4)16(10-13)26-3/h5-10H,1-4H3,(H,22,23,24). The van der Waals surface area contributed by atoms with Crippen molar-refractivity contribution in [2.24, 2.45) is 0 Å². The molecule has 1 amide bonds. The fraction of sp³-hybridized carbons (Fsp3) is 0.200. The lowest BCUT2D eigenvalue weighted by Crippen LogP contribution is -2.12. The summed E-state index contributed by atoms with van der Waals surface area (Å²) in [5.74, 6) is 0.500. The Bertz CT molecular complexity index is 977. The van der Waals surface area contributed by atoms with E-state index in [2.05, 4.69) is 10.3 Å². The van der Waals surface area contributed by atoms with Crippen LogP contribution in [0.2, 0.25) is 0 Å². The summed E-state index contributed by atoms with van der Waals surface area (Å²) in [5, 5.41) is 3.22. The first-order valence-electron chi connectivity index (χ1n) is 8.31. The fourth-order valence-electron chi connectivity index (χ4n) is 2.71. The van der Waals surface area contributed by atoms with Gasteiger partial charge in [-0.1, -0.05) is 0 Å². The first-order chi connectivity index (χ1) is 13.5. The number of rotatable bonds is 6. The highest BCUT2D eigenvalue weighted by atomic mass is 32.1. The molecule has 0 radical (unpaired) electrons. The maximum atomic E-state index is 13.1. The molecule has 0 aliphatic carbocycles. The molecule has 3 rings (SSSR count). The van der Waals surface area contributed by atoms with Crippen LogP contribution in [0.1, 0.15) is 15.2 Å². The quantitative estimate of drug-likeness (QED) is 0.656. The molecule has 1 aromatic heterocycles. The molecular formula is C20H19FN2O4S. The second-order valence-corrected chi connectivity index (χ2v) is 7.00. The number of aromatic nitrogens is 1. The van der Waals surface area contributed by atoms with Gasteiger partial charge in [0.1, 0.15) is 5.82 Å². The van der Waals surface area contributed by atoms with Crippen LogP contribution in [0.15, 0.2) is 36.4 Å². The van der Waals surface area contributed by atoms with Crippen LogP contribution in [-0.2, 0) is 0 Å². The number of nitrogens with zero attached hydrogens (tertiary/aromatic N) is 1. The van der Waals surface area contributed by atoms with Gasteiger partial charge in [0.25, 0.3) is 5.91 Å². The lowest BCUT2D eigenvalue weighted by atomic mass is 10.1. The highest BCUT2D eigenvalue weighted by Crippen LogP contribution is 2.38. The van der Waals surface area contributed by atoms with Gasteiger partial charge in [0, 0.05) is 16.0 Å². The number of nitrogens with one attached hydrogen (secondary N) is 1. The van der Waals surface area contributed by atoms with Crippen LogP contribution in [0.25, 0.3) is 11.3 Å². The number of anilines is 1. The number of carbonyl (C=O) groups is 1. The average Bonchev–Trinajstić information content (AvgIpc) is 3.07. The molecule has 28 heavy (non-hydrogen) atoms.